The van der Waals surface area contributed by atoms with Gasteiger partial charge in [0.1, 0.15) is 11.6 Å². The van der Waals surface area contributed by atoms with E-state index in [1.807, 2.05) is 31.2 Å². The van der Waals surface area contributed by atoms with Gasteiger partial charge in [-0.05, 0) is 48.9 Å². The standard InChI is InChI=1S/C21H22FN3O3/c1-3-27-18-10-6-16(7-11-18)21-23-19(28-24-21)12-13-20(26)25(2)14-15-4-8-17(22)9-5-15/h4-11H,3,12-14H2,1-2H3. The predicted octanol–water partition coefficient (Wildman–Crippen LogP) is 3.87. The number of hydrogen-bond acceptors (Lipinski definition) is 5. The number of amides is 1. The van der Waals surface area contributed by atoms with E-state index < -0.39 is 0 Å². The van der Waals surface area contributed by atoms with Gasteiger partial charge in [0.05, 0.1) is 6.61 Å². The van der Waals surface area contributed by atoms with Crippen molar-refractivity contribution in [1.29, 1.82) is 0 Å². The van der Waals surface area contributed by atoms with E-state index in [0.717, 1.165) is 16.9 Å². The van der Waals surface area contributed by atoms with E-state index in [0.29, 0.717) is 31.3 Å². The Morgan fingerprint density at radius 2 is 1.86 bits per heavy atom. The second-order valence-electron chi connectivity index (χ2n) is 6.35. The van der Waals surface area contributed by atoms with Crippen molar-refractivity contribution in [2.24, 2.45) is 0 Å². The fourth-order valence-electron chi connectivity index (χ4n) is 2.70. The molecule has 0 aliphatic carbocycles. The molecule has 0 spiro atoms. The van der Waals surface area contributed by atoms with Crippen LogP contribution in [0.3, 0.4) is 0 Å². The predicted molar refractivity (Wildman–Crippen MR) is 102 cm³/mol. The molecule has 0 saturated carbocycles. The lowest BCUT2D eigenvalue weighted by Crippen LogP contribution is -2.26. The number of halogens is 1. The third-order valence-electron chi connectivity index (χ3n) is 4.20. The van der Waals surface area contributed by atoms with E-state index in [-0.39, 0.29) is 18.1 Å². The van der Waals surface area contributed by atoms with Crippen LogP contribution in [0.15, 0.2) is 53.1 Å². The maximum atomic E-state index is 13.0. The number of carbonyl (C=O) groups is 1. The number of aryl methyl sites for hydroxylation is 1. The minimum absolute atomic E-state index is 0.0508. The van der Waals surface area contributed by atoms with Crippen molar-refractivity contribution in [3.8, 4) is 17.1 Å². The van der Waals surface area contributed by atoms with Gasteiger partial charge in [-0.3, -0.25) is 4.79 Å². The number of hydrogen-bond donors (Lipinski definition) is 0. The maximum Gasteiger partial charge on any atom is 0.227 e. The molecule has 1 heterocycles. The van der Waals surface area contributed by atoms with Crippen molar-refractivity contribution in [2.45, 2.75) is 26.3 Å². The summed E-state index contributed by atoms with van der Waals surface area (Å²) in [4.78, 5) is 18.3. The van der Waals surface area contributed by atoms with Gasteiger partial charge >= 0.3 is 0 Å². The van der Waals surface area contributed by atoms with Crippen LogP contribution in [0.5, 0.6) is 5.75 Å². The first-order valence-corrected chi connectivity index (χ1v) is 9.09. The molecule has 1 amide bonds. The molecule has 1 aromatic heterocycles. The van der Waals surface area contributed by atoms with Crippen LogP contribution in [0.1, 0.15) is 24.8 Å². The SMILES string of the molecule is CCOc1ccc(-c2noc(CCC(=O)N(C)Cc3ccc(F)cc3)n2)cc1. The molecular formula is C21H22FN3O3. The Labute approximate surface area is 162 Å². The normalized spacial score (nSPS) is 10.7. The molecule has 3 rings (SSSR count). The fraction of sp³-hybridized carbons (Fsp3) is 0.286. The highest BCUT2D eigenvalue weighted by atomic mass is 19.1. The van der Waals surface area contributed by atoms with E-state index in [4.69, 9.17) is 9.26 Å². The molecule has 6 nitrogen and oxygen atoms in total. The molecule has 2 aromatic carbocycles. The summed E-state index contributed by atoms with van der Waals surface area (Å²) in [6.07, 6.45) is 0.610. The van der Waals surface area contributed by atoms with Crippen LogP contribution in [-0.4, -0.2) is 34.6 Å². The zero-order chi connectivity index (χ0) is 19.9. The van der Waals surface area contributed by atoms with Crippen molar-refractivity contribution >= 4 is 5.91 Å². The Bertz CT molecular complexity index is 907. The number of carbonyl (C=O) groups excluding carboxylic acids is 1. The highest BCUT2D eigenvalue weighted by molar-refractivity contribution is 5.76. The number of benzene rings is 2. The lowest BCUT2D eigenvalue weighted by Gasteiger charge is -2.16. The van der Waals surface area contributed by atoms with Crippen molar-refractivity contribution in [1.82, 2.24) is 15.0 Å². The molecule has 7 heteroatoms. The van der Waals surface area contributed by atoms with Crippen molar-refractivity contribution < 1.29 is 18.4 Å². The molecule has 0 bridgehead atoms. The molecule has 0 aliphatic heterocycles. The van der Waals surface area contributed by atoms with Crippen molar-refractivity contribution in [3.05, 3.63) is 65.8 Å². The van der Waals surface area contributed by atoms with E-state index >= 15 is 0 Å². The summed E-state index contributed by atoms with van der Waals surface area (Å²) >= 11 is 0. The van der Waals surface area contributed by atoms with Gasteiger partial charge in [-0.2, -0.15) is 4.98 Å². The highest BCUT2D eigenvalue weighted by Gasteiger charge is 2.14. The smallest absolute Gasteiger partial charge is 0.227 e. The van der Waals surface area contributed by atoms with Crippen molar-refractivity contribution in [3.63, 3.8) is 0 Å². The van der Waals surface area contributed by atoms with Gasteiger partial charge in [0.15, 0.2) is 0 Å². The molecule has 3 aromatic rings. The van der Waals surface area contributed by atoms with Crippen LogP contribution >= 0.6 is 0 Å². The minimum atomic E-state index is -0.294. The second kappa shape index (κ2) is 9.12. The van der Waals surface area contributed by atoms with Gasteiger partial charge in [-0.15, -0.1) is 0 Å². The summed E-state index contributed by atoms with van der Waals surface area (Å²) in [5.74, 6) is 1.32. The quantitative estimate of drug-likeness (QED) is 0.591. The molecule has 0 aliphatic rings. The molecule has 0 unspecified atom stereocenters. The molecule has 146 valence electrons. The first-order valence-electron chi connectivity index (χ1n) is 9.09. The van der Waals surface area contributed by atoms with Gasteiger partial charge in [-0.1, -0.05) is 17.3 Å². The van der Waals surface area contributed by atoms with Crippen LogP contribution < -0.4 is 4.74 Å². The number of rotatable bonds is 8. The Balaban J connectivity index is 1.53. The summed E-state index contributed by atoms with van der Waals surface area (Å²) < 4.78 is 23.6. The summed E-state index contributed by atoms with van der Waals surface area (Å²) in [6.45, 7) is 2.95. The summed E-state index contributed by atoms with van der Waals surface area (Å²) in [7, 11) is 1.71. The Hall–Kier alpha value is -3.22. The zero-order valence-electron chi connectivity index (χ0n) is 15.9. The van der Waals surface area contributed by atoms with Crippen LogP contribution in [0.25, 0.3) is 11.4 Å². The van der Waals surface area contributed by atoms with E-state index in [1.54, 1.807) is 24.1 Å². The Morgan fingerprint density at radius 1 is 1.14 bits per heavy atom. The van der Waals surface area contributed by atoms with Crippen LogP contribution in [0, 0.1) is 5.82 Å². The molecule has 28 heavy (non-hydrogen) atoms. The van der Waals surface area contributed by atoms with E-state index in [2.05, 4.69) is 10.1 Å². The lowest BCUT2D eigenvalue weighted by molar-refractivity contribution is -0.130. The molecule has 0 atom stereocenters. The summed E-state index contributed by atoms with van der Waals surface area (Å²) in [5, 5.41) is 3.97. The van der Waals surface area contributed by atoms with Gasteiger partial charge in [0, 0.05) is 32.0 Å². The third kappa shape index (κ3) is 5.16. The van der Waals surface area contributed by atoms with Gasteiger partial charge < -0.3 is 14.2 Å². The van der Waals surface area contributed by atoms with E-state index in [1.165, 1.54) is 12.1 Å². The van der Waals surface area contributed by atoms with Crippen LogP contribution in [0.4, 0.5) is 4.39 Å². The van der Waals surface area contributed by atoms with Gasteiger partial charge in [0.25, 0.3) is 0 Å². The molecule has 0 radical (unpaired) electrons. The van der Waals surface area contributed by atoms with Crippen LogP contribution in [-0.2, 0) is 17.8 Å². The van der Waals surface area contributed by atoms with Gasteiger partial charge in [-0.25, -0.2) is 4.39 Å². The minimum Gasteiger partial charge on any atom is -0.494 e. The number of nitrogens with zero attached hydrogens (tertiary/aromatic N) is 3. The van der Waals surface area contributed by atoms with E-state index in [9.17, 15) is 9.18 Å². The second-order valence-corrected chi connectivity index (χ2v) is 6.35. The average molecular weight is 383 g/mol. The molecular weight excluding hydrogens is 361 g/mol. The highest BCUT2D eigenvalue weighted by Crippen LogP contribution is 2.20. The third-order valence-corrected chi connectivity index (χ3v) is 4.20. The van der Waals surface area contributed by atoms with Crippen LogP contribution in [0.2, 0.25) is 0 Å². The molecule has 0 N–H and O–H groups in total. The average Bonchev–Trinajstić information content (AvgIpc) is 3.18. The zero-order valence-corrected chi connectivity index (χ0v) is 15.9. The first-order chi connectivity index (χ1) is 13.5. The number of aromatic nitrogens is 2. The fourth-order valence-corrected chi connectivity index (χ4v) is 2.70. The Morgan fingerprint density at radius 3 is 2.54 bits per heavy atom. The topological polar surface area (TPSA) is 68.5 Å². The summed E-state index contributed by atoms with van der Waals surface area (Å²) in [6, 6.07) is 13.5. The molecule has 0 saturated heterocycles. The van der Waals surface area contributed by atoms with Gasteiger partial charge in [0.2, 0.25) is 17.6 Å². The largest absolute Gasteiger partial charge is 0.494 e. The molecule has 0 fully saturated rings. The lowest BCUT2D eigenvalue weighted by atomic mass is 10.2. The Kier molecular flexibility index (Phi) is 6.37. The maximum absolute atomic E-state index is 13.0. The number of ether oxygens (including phenoxy) is 1. The first kappa shape index (κ1) is 19.5. The van der Waals surface area contributed by atoms with Crippen molar-refractivity contribution in [2.75, 3.05) is 13.7 Å². The summed E-state index contributed by atoms with van der Waals surface area (Å²) in [5.41, 5.74) is 1.69. The monoisotopic (exact) mass is 383 g/mol.